The van der Waals surface area contributed by atoms with Gasteiger partial charge in [0.1, 0.15) is 12.4 Å². The third kappa shape index (κ3) is 11.6. The molecule has 2 atom stereocenters. The number of halogens is 7. The Hall–Kier alpha value is -1.91. The van der Waals surface area contributed by atoms with E-state index in [9.17, 15) is 18.3 Å². The molecule has 1 aliphatic rings. The van der Waals surface area contributed by atoms with E-state index in [1.165, 1.54) is 17.7 Å². The standard InChI is InChI=1S/C30H35ClF3N3O2.3ClH/c1-22(35-21-29(38)24-4-2-6-26(31)19-24)18-23-8-10-28(11-9-23)39-17-16-36-12-14-37(15-13-36)27-7-3-5-25(20-27)30(32,33)34;;;/h2-11,19-20,22,29,35,38H,12-18,21H2,1H3;3*1H. The van der Waals surface area contributed by atoms with Gasteiger partial charge in [-0.25, -0.2) is 0 Å². The number of ether oxygens (including phenoxy) is 1. The topological polar surface area (TPSA) is 48.0 Å². The van der Waals surface area contributed by atoms with Crippen molar-refractivity contribution in [3.63, 3.8) is 0 Å². The average molecular weight is 671 g/mol. The lowest BCUT2D eigenvalue weighted by molar-refractivity contribution is -0.137. The quantitative estimate of drug-likeness (QED) is 0.228. The van der Waals surface area contributed by atoms with E-state index in [1.807, 2.05) is 29.2 Å². The fraction of sp³-hybridized carbons (Fsp3) is 0.400. The maximum atomic E-state index is 13.0. The van der Waals surface area contributed by atoms with Crippen LogP contribution < -0.4 is 15.0 Å². The molecule has 2 N–H and O–H groups in total. The molecule has 3 aromatic rings. The summed E-state index contributed by atoms with van der Waals surface area (Å²) < 4.78 is 45.0. The highest BCUT2D eigenvalue weighted by molar-refractivity contribution is 6.30. The van der Waals surface area contributed by atoms with Gasteiger partial charge >= 0.3 is 6.18 Å². The van der Waals surface area contributed by atoms with Crippen LogP contribution in [0.2, 0.25) is 5.02 Å². The summed E-state index contributed by atoms with van der Waals surface area (Å²) in [5.41, 5.74) is 1.97. The number of anilines is 1. The summed E-state index contributed by atoms with van der Waals surface area (Å²) in [5, 5.41) is 14.4. The van der Waals surface area contributed by atoms with Gasteiger partial charge in [-0.1, -0.05) is 41.9 Å². The van der Waals surface area contributed by atoms with E-state index in [0.717, 1.165) is 43.4 Å². The lowest BCUT2D eigenvalue weighted by atomic mass is 10.1. The number of nitrogens with zero attached hydrogens (tertiary/aromatic N) is 2. The number of aliphatic hydroxyl groups is 1. The third-order valence-electron chi connectivity index (χ3n) is 6.95. The first-order chi connectivity index (χ1) is 18.7. The van der Waals surface area contributed by atoms with Crippen molar-refractivity contribution in [1.82, 2.24) is 10.2 Å². The zero-order chi connectivity index (χ0) is 27.8. The van der Waals surface area contributed by atoms with Crippen LogP contribution in [0.3, 0.4) is 0 Å². The number of piperazine rings is 1. The fourth-order valence-corrected chi connectivity index (χ4v) is 4.89. The normalized spacial score (nSPS) is 15.0. The number of alkyl halides is 3. The predicted octanol–water partition coefficient (Wildman–Crippen LogP) is 7.08. The van der Waals surface area contributed by atoms with Crippen molar-refractivity contribution >= 4 is 54.5 Å². The highest BCUT2D eigenvalue weighted by Gasteiger charge is 2.31. The minimum Gasteiger partial charge on any atom is -0.492 e. The molecule has 1 fully saturated rings. The molecule has 2 unspecified atom stereocenters. The Morgan fingerprint density at radius 3 is 2.24 bits per heavy atom. The summed E-state index contributed by atoms with van der Waals surface area (Å²) in [6.45, 7) is 6.73. The van der Waals surface area contributed by atoms with Crippen LogP contribution in [0.1, 0.15) is 29.7 Å². The zero-order valence-corrected chi connectivity index (χ0v) is 26.4. The second-order valence-electron chi connectivity index (χ2n) is 9.95. The highest BCUT2D eigenvalue weighted by Crippen LogP contribution is 2.32. The molecular formula is C30H38Cl4F3N3O2. The average Bonchev–Trinajstić information content (AvgIpc) is 2.93. The Kier molecular flexibility index (Phi) is 16.4. The molecule has 0 aromatic heterocycles. The molecule has 0 spiro atoms. The summed E-state index contributed by atoms with van der Waals surface area (Å²) in [6, 6.07) is 21.0. The van der Waals surface area contributed by atoms with Gasteiger partial charge in [-0.05, 0) is 66.9 Å². The summed E-state index contributed by atoms with van der Waals surface area (Å²) >= 11 is 6.01. The summed E-state index contributed by atoms with van der Waals surface area (Å²) in [7, 11) is 0. The number of hydrogen-bond acceptors (Lipinski definition) is 5. The van der Waals surface area contributed by atoms with E-state index in [4.69, 9.17) is 16.3 Å². The highest BCUT2D eigenvalue weighted by atomic mass is 35.5. The smallest absolute Gasteiger partial charge is 0.416 e. The second kappa shape index (κ2) is 18.0. The monoisotopic (exact) mass is 669 g/mol. The molecule has 0 amide bonds. The van der Waals surface area contributed by atoms with Gasteiger partial charge in [-0.15, -0.1) is 37.2 Å². The van der Waals surface area contributed by atoms with Crippen molar-refractivity contribution < 1.29 is 23.0 Å². The van der Waals surface area contributed by atoms with Crippen LogP contribution in [0.5, 0.6) is 5.75 Å². The predicted molar refractivity (Wildman–Crippen MR) is 171 cm³/mol. The third-order valence-corrected chi connectivity index (χ3v) is 7.18. The van der Waals surface area contributed by atoms with E-state index in [1.54, 1.807) is 18.2 Å². The van der Waals surface area contributed by atoms with Gasteiger partial charge < -0.3 is 20.1 Å². The number of benzene rings is 3. The molecule has 1 aliphatic heterocycles. The van der Waals surface area contributed by atoms with Gasteiger partial charge in [0.25, 0.3) is 0 Å². The van der Waals surface area contributed by atoms with Crippen LogP contribution >= 0.6 is 48.8 Å². The largest absolute Gasteiger partial charge is 0.492 e. The van der Waals surface area contributed by atoms with Crippen LogP contribution in [-0.4, -0.2) is 61.9 Å². The molecule has 234 valence electrons. The van der Waals surface area contributed by atoms with Crippen LogP contribution in [-0.2, 0) is 12.6 Å². The fourth-order valence-electron chi connectivity index (χ4n) is 4.69. The number of hydrogen-bond donors (Lipinski definition) is 2. The SMILES string of the molecule is CC(Cc1ccc(OCCN2CCN(c3cccc(C(F)(F)F)c3)CC2)cc1)NCC(O)c1cccc(Cl)c1.Cl.Cl.Cl. The van der Waals surface area contributed by atoms with Crippen molar-refractivity contribution in [2.45, 2.75) is 31.7 Å². The molecule has 1 saturated heterocycles. The van der Waals surface area contributed by atoms with Crippen molar-refractivity contribution in [3.05, 3.63) is 94.5 Å². The van der Waals surface area contributed by atoms with E-state index in [0.29, 0.717) is 37.0 Å². The number of rotatable bonds is 11. The van der Waals surface area contributed by atoms with Crippen LogP contribution in [0, 0.1) is 0 Å². The van der Waals surface area contributed by atoms with Gasteiger partial charge in [0.15, 0.2) is 0 Å². The van der Waals surface area contributed by atoms with E-state index in [-0.39, 0.29) is 43.3 Å². The van der Waals surface area contributed by atoms with Gasteiger partial charge in [0.2, 0.25) is 0 Å². The zero-order valence-electron chi connectivity index (χ0n) is 23.2. The van der Waals surface area contributed by atoms with Gasteiger partial charge in [0, 0.05) is 56.0 Å². The lowest BCUT2D eigenvalue weighted by Gasteiger charge is -2.36. The molecule has 0 bridgehead atoms. The molecule has 0 aliphatic carbocycles. The molecule has 3 aromatic carbocycles. The Morgan fingerprint density at radius 2 is 1.60 bits per heavy atom. The van der Waals surface area contributed by atoms with Crippen molar-refractivity contribution in [1.29, 1.82) is 0 Å². The molecule has 0 radical (unpaired) electrons. The van der Waals surface area contributed by atoms with Gasteiger partial charge in [0.05, 0.1) is 11.7 Å². The summed E-state index contributed by atoms with van der Waals surface area (Å²) in [6.07, 6.45) is -4.13. The minimum absolute atomic E-state index is 0. The van der Waals surface area contributed by atoms with Crippen molar-refractivity contribution in [3.8, 4) is 5.75 Å². The lowest BCUT2D eigenvalue weighted by Crippen LogP contribution is -2.47. The van der Waals surface area contributed by atoms with Crippen LogP contribution in [0.4, 0.5) is 18.9 Å². The van der Waals surface area contributed by atoms with Crippen LogP contribution in [0.25, 0.3) is 0 Å². The van der Waals surface area contributed by atoms with Gasteiger partial charge in [-0.3, -0.25) is 4.90 Å². The first kappa shape index (κ1) is 38.1. The Balaban J connectivity index is 0.00000294. The first-order valence-electron chi connectivity index (χ1n) is 13.2. The molecule has 12 heteroatoms. The number of nitrogens with one attached hydrogen (secondary N) is 1. The Bertz CT molecular complexity index is 1200. The molecule has 5 nitrogen and oxygen atoms in total. The van der Waals surface area contributed by atoms with E-state index in [2.05, 4.69) is 29.3 Å². The maximum absolute atomic E-state index is 13.0. The van der Waals surface area contributed by atoms with Crippen molar-refractivity contribution in [2.75, 3.05) is 50.8 Å². The van der Waals surface area contributed by atoms with E-state index < -0.39 is 17.8 Å². The summed E-state index contributed by atoms with van der Waals surface area (Å²) in [5.74, 6) is 0.804. The van der Waals surface area contributed by atoms with Crippen LogP contribution in [0.15, 0.2) is 72.8 Å². The Labute approximate surface area is 269 Å². The van der Waals surface area contributed by atoms with Crippen molar-refractivity contribution in [2.24, 2.45) is 0 Å². The first-order valence-corrected chi connectivity index (χ1v) is 13.6. The number of aliphatic hydroxyl groups excluding tert-OH is 1. The Morgan fingerprint density at radius 1 is 0.929 bits per heavy atom. The molecular weight excluding hydrogens is 633 g/mol. The molecule has 4 rings (SSSR count). The van der Waals surface area contributed by atoms with Gasteiger partial charge in [-0.2, -0.15) is 13.2 Å². The molecule has 1 heterocycles. The minimum atomic E-state index is -4.33. The second-order valence-corrected chi connectivity index (χ2v) is 10.4. The summed E-state index contributed by atoms with van der Waals surface area (Å²) in [4.78, 5) is 4.27. The van der Waals surface area contributed by atoms with E-state index >= 15 is 0 Å². The maximum Gasteiger partial charge on any atom is 0.416 e. The molecule has 42 heavy (non-hydrogen) atoms. The molecule has 0 saturated carbocycles.